The first-order chi connectivity index (χ1) is 28.7. The second kappa shape index (κ2) is 19.6. The number of benzene rings is 2. The van der Waals surface area contributed by atoms with E-state index in [0.29, 0.717) is 65.9 Å². The van der Waals surface area contributed by atoms with E-state index in [1.54, 1.807) is 13.2 Å². The fourth-order valence-electron chi connectivity index (χ4n) is 8.33. The van der Waals surface area contributed by atoms with Gasteiger partial charge in [0.2, 0.25) is 27.7 Å². The molecule has 13 nitrogen and oxygen atoms in total. The summed E-state index contributed by atoms with van der Waals surface area (Å²) in [5, 5.41) is 2.94. The zero-order valence-electron chi connectivity index (χ0n) is 35.7. The summed E-state index contributed by atoms with van der Waals surface area (Å²) in [5.41, 5.74) is 0.514. The van der Waals surface area contributed by atoms with Gasteiger partial charge in [-0.25, -0.2) is 13.4 Å². The van der Waals surface area contributed by atoms with Gasteiger partial charge in [-0.1, -0.05) is 76.1 Å². The number of carbonyl (C=O) groups is 4. The molecule has 0 spiro atoms. The minimum atomic E-state index is -3.92. The number of amides is 4. The van der Waals surface area contributed by atoms with Crippen LogP contribution >= 0.6 is 0 Å². The summed E-state index contributed by atoms with van der Waals surface area (Å²) >= 11 is 0. The molecule has 3 aromatic rings. The van der Waals surface area contributed by atoms with Crippen LogP contribution < -0.4 is 19.5 Å². The van der Waals surface area contributed by atoms with Crippen LogP contribution in [0.2, 0.25) is 0 Å². The molecule has 2 N–H and O–H groups in total. The van der Waals surface area contributed by atoms with E-state index in [1.165, 1.54) is 11.8 Å². The van der Waals surface area contributed by atoms with Crippen LogP contribution in [0.1, 0.15) is 98.3 Å². The lowest BCUT2D eigenvalue weighted by atomic mass is 9.91. The first-order valence-electron chi connectivity index (χ1n) is 21.5. The number of rotatable bonds is 18. The molecule has 14 heteroatoms. The minimum Gasteiger partial charge on any atom is -0.497 e. The number of methoxy groups -OCH3 is 1. The van der Waals surface area contributed by atoms with Crippen molar-refractivity contribution in [2.45, 2.75) is 121 Å². The van der Waals surface area contributed by atoms with Gasteiger partial charge < -0.3 is 24.6 Å². The molecular formula is C46H61N5O8S. The van der Waals surface area contributed by atoms with Crippen molar-refractivity contribution in [1.82, 2.24) is 24.8 Å². The number of sulfonamides is 1. The van der Waals surface area contributed by atoms with E-state index in [0.717, 1.165) is 37.7 Å². The highest BCUT2D eigenvalue weighted by Gasteiger charge is 2.46. The highest BCUT2D eigenvalue weighted by Crippen LogP contribution is 2.35. The van der Waals surface area contributed by atoms with Gasteiger partial charge in [0.25, 0.3) is 5.91 Å². The molecule has 5 atom stereocenters. The number of allylic oxidation sites excluding steroid dienone is 1. The fraction of sp³-hybridized carbons (Fsp3) is 0.543. The smallest absolute Gasteiger partial charge is 0.259 e. The summed E-state index contributed by atoms with van der Waals surface area (Å²) in [6.07, 6.45) is 8.90. The number of nitrogens with one attached hydrogen (secondary N) is 2. The lowest BCUT2D eigenvalue weighted by Crippen LogP contribution is -2.61. The van der Waals surface area contributed by atoms with Crippen LogP contribution in [0.15, 0.2) is 66.7 Å². The third kappa shape index (κ3) is 11.2. The normalized spacial score (nSPS) is 21.8. The van der Waals surface area contributed by atoms with Gasteiger partial charge in [-0.2, -0.15) is 0 Å². The van der Waals surface area contributed by atoms with E-state index in [9.17, 15) is 27.6 Å². The van der Waals surface area contributed by atoms with Gasteiger partial charge >= 0.3 is 0 Å². The second-order valence-electron chi connectivity index (χ2n) is 17.2. The molecule has 3 heterocycles. The Bertz CT molecular complexity index is 2150. The molecule has 0 bridgehead atoms. The fourth-order valence-corrected chi connectivity index (χ4v) is 9.74. The van der Waals surface area contributed by atoms with Gasteiger partial charge in [-0.05, 0) is 69.4 Å². The van der Waals surface area contributed by atoms with E-state index in [4.69, 9.17) is 14.5 Å². The number of pyridine rings is 1. The van der Waals surface area contributed by atoms with Gasteiger partial charge in [-0.3, -0.25) is 23.9 Å². The van der Waals surface area contributed by atoms with E-state index in [2.05, 4.69) is 30.8 Å². The predicted octanol–water partition coefficient (Wildman–Crippen LogP) is 6.55. The number of unbranched alkanes of at least 4 members (excludes halogenated alkanes) is 3. The summed E-state index contributed by atoms with van der Waals surface area (Å²) in [6.45, 7) is 9.19. The van der Waals surface area contributed by atoms with Crippen LogP contribution in [0.25, 0.3) is 22.2 Å². The zero-order chi connectivity index (χ0) is 43.0. The van der Waals surface area contributed by atoms with Crippen LogP contribution in [0.4, 0.5) is 0 Å². The molecule has 0 radical (unpaired) electrons. The quantitative estimate of drug-likeness (QED) is 0.107. The number of piperidine rings is 1. The second-order valence-corrected chi connectivity index (χ2v) is 19.2. The Hall–Kier alpha value is -4.98. The SMILES string of the molecule is CCCCC/C=C\C[C@@](C)(NC(=O)[C@@H]1CC(Oc2cc(-c3ccccc3)nc3cc(OC)ccc23)CN1C(=O)CCC(=O)N1CC(C)CC(C)C1)C(=O)NS(=O)(=O)C1CC1. The molecule has 1 aliphatic carbocycles. The molecule has 4 amide bonds. The molecule has 6 rings (SSSR count). The number of likely N-dealkylation sites (tertiary alicyclic amines) is 2. The van der Waals surface area contributed by atoms with Crippen molar-refractivity contribution in [3.05, 3.63) is 66.7 Å². The Morgan fingerprint density at radius 2 is 1.63 bits per heavy atom. The monoisotopic (exact) mass is 843 g/mol. The average molecular weight is 844 g/mol. The Morgan fingerprint density at radius 3 is 2.32 bits per heavy atom. The van der Waals surface area contributed by atoms with Crippen molar-refractivity contribution in [2.24, 2.45) is 11.8 Å². The topological polar surface area (TPSA) is 164 Å². The maximum atomic E-state index is 14.5. The Morgan fingerprint density at radius 1 is 0.917 bits per heavy atom. The Kier molecular flexibility index (Phi) is 14.6. The molecule has 1 aromatic heterocycles. The molecule has 60 heavy (non-hydrogen) atoms. The van der Waals surface area contributed by atoms with E-state index >= 15 is 0 Å². The van der Waals surface area contributed by atoms with E-state index in [-0.39, 0.29) is 44.0 Å². The van der Waals surface area contributed by atoms with Crippen LogP contribution in [-0.2, 0) is 29.2 Å². The summed E-state index contributed by atoms with van der Waals surface area (Å²) in [7, 11) is -2.34. The van der Waals surface area contributed by atoms with E-state index in [1.807, 2.05) is 65.6 Å². The Labute approximate surface area is 354 Å². The molecule has 3 aliphatic rings. The minimum absolute atomic E-state index is 0.00608. The van der Waals surface area contributed by atoms with Crippen molar-refractivity contribution < 1.29 is 37.1 Å². The zero-order valence-corrected chi connectivity index (χ0v) is 36.5. The van der Waals surface area contributed by atoms with Crippen molar-refractivity contribution >= 4 is 44.6 Å². The number of aromatic nitrogens is 1. The largest absolute Gasteiger partial charge is 0.497 e. The third-order valence-corrected chi connectivity index (χ3v) is 13.6. The van der Waals surface area contributed by atoms with Crippen LogP contribution in [0.5, 0.6) is 11.5 Å². The van der Waals surface area contributed by atoms with Crippen LogP contribution in [0.3, 0.4) is 0 Å². The molecule has 2 aliphatic heterocycles. The standard InChI is InChI=1S/C46H61N5O8S/c1-6-7-8-9-10-14-23-46(4,45(55)49-60(56,57)36-18-19-36)48-44(54)40-26-35(30-51(40)43(53)22-21-42(52)50-28-31(2)24-32(3)29-50)59-41-27-38(33-15-12-11-13-16-33)47-39-25-34(58-5)17-20-37(39)41/h10-17,20,25,27,31-32,35-36,40H,6-9,18-19,21-24,26,28-30H2,1-5H3,(H,48,54)(H,49,55)/b14-10-/t31?,32?,35?,40-,46+/m0/s1. The molecular weight excluding hydrogens is 783 g/mol. The summed E-state index contributed by atoms with van der Waals surface area (Å²) in [5.74, 6) is -0.0936. The number of carbonyl (C=O) groups excluding carboxylic acids is 4. The van der Waals surface area contributed by atoms with Gasteiger partial charge in [0.05, 0.1) is 30.1 Å². The molecule has 3 fully saturated rings. The molecule has 2 saturated heterocycles. The van der Waals surface area contributed by atoms with Gasteiger partial charge in [0.1, 0.15) is 29.2 Å². The third-order valence-electron chi connectivity index (χ3n) is 11.8. The number of hydrogen-bond donors (Lipinski definition) is 2. The molecule has 2 aromatic carbocycles. The number of ether oxygens (including phenoxy) is 2. The van der Waals surface area contributed by atoms with Crippen molar-refractivity contribution in [3.8, 4) is 22.8 Å². The highest BCUT2D eigenvalue weighted by atomic mass is 32.2. The van der Waals surface area contributed by atoms with Crippen molar-refractivity contribution in [2.75, 3.05) is 26.7 Å². The molecule has 1 saturated carbocycles. The molecule has 324 valence electrons. The number of hydrogen-bond acceptors (Lipinski definition) is 9. The summed E-state index contributed by atoms with van der Waals surface area (Å²) < 4.78 is 40.3. The van der Waals surface area contributed by atoms with Gasteiger partial charge in [-0.15, -0.1) is 0 Å². The number of nitrogens with zero attached hydrogens (tertiary/aromatic N) is 3. The maximum absolute atomic E-state index is 14.5. The summed E-state index contributed by atoms with van der Waals surface area (Å²) in [4.78, 5) is 64.1. The first-order valence-corrected chi connectivity index (χ1v) is 23.1. The maximum Gasteiger partial charge on any atom is 0.259 e. The van der Waals surface area contributed by atoms with Crippen LogP contribution in [-0.4, -0.2) is 96.5 Å². The molecule has 3 unspecified atom stereocenters. The summed E-state index contributed by atoms with van der Waals surface area (Å²) in [6, 6.07) is 15.9. The number of fused-ring (bicyclic) bond motifs is 1. The van der Waals surface area contributed by atoms with Crippen LogP contribution in [0, 0.1) is 11.8 Å². The highest BCUT2D eigenvalue weighted by molar-refractivity contribution is 7.91. The van der Waals surface area contributed by atoms with E-state index < -0.39 is 44.8 Å². The lowest BCUT2D eigenvalue weighted by molar-refractivity contribution is -0.142. The van der Waals surface area contributed by atoms with Crippen molar-refractivity contribution in [3.63, 3.8) is 0 Å². The first kappa shape index (κ1) is 44.6. The van der Waals surface area contributed by atoms with Gasteiger partial charge in [0, 0.05) is 55.4 Å². The van der Waals surface area contributed by atoms with Gasteiger partial charge in [0.15, 0.2) is 0 Å². The Balaban J connectivity index is 1.28. The lowest BCUT2D eigenvalue weighted by Gasteiger charge is -2.35. The predicted molar refractivity (Wildman–Crippen MR) is 232 cm³/mol. The average Bonchev–Trinajstić information content (AvgIpc) is 4.01. The van der Waals surface area contributed by atoms with Crippen molar-refractivity contribution in [1.29, 1.82) is 0 Å².